The van der Waals surface area contributed by atoms with E-state index in [1.165, 1.54) is 32.1 Å². The number of amides is 2. The summed E-state index contributed by atoms with van der Waals surface area (Å²) in [6.45, 7) is 3.92. The van der Waals surface area contributed by atoms with Gasteiger partial charge in [-0.2, -0.15) is 0 Å². The molecule has 0 N–H and O–H groups in total. The van der Waals surface area contributed by atoms with Crippen LogP contribution < -0.4 is 4.90 Å². The zero-order chi connectivity index (χ0) is 14.0. The van der Waals surface area contributed by atoms with Gasteiger partial charge in [-0.25, -0.2) is 4.79 Å². The Morgan fingerprint density at radius 2 is 1.80 bits per heavy atom. The first kappa shape index (κ1) is 13.5. The summed E-state index contributed by atoms with van der Waals surface area (Å²) in [5.74, 6) is 0. The van der Waals surface area contributed by atoms with Gasteiger partial charge in [0.05, 0.1) is 12.1 Å². The minimum Gasteiger partial charge on any atom is -0.317 e. The molecule has 1 aliphatic carbocycles. The number of para-hydroxylation sites is 1. The minimum absolute atomic E-state index is 0.0984. The number of hydrogen-bond acceptors (Lipinski definition) is 1. The quantitative estimate of drug-likeness (QED) is 0.814. The number of urea groups is 1. The Morgan fingerprint density at radius 1 is 1.10 bits per heavy atom. The van der Waals surface area contributed by atoms with Gasteiger partial charge in [0.25, 0.3) is 0 Å². The van der Waals surface area contributed by atoms with E-state index in [1.807, 2.05) is 35.2 Å². The Hall–Kier alpha value is -1.51. The lowest BCUT2D eigenvalue weighted by atomic mass is 9.81. The predicted octanol–water partition coefficient (Wildman–Crippen LogP) is 4.04. The van der Waals surface area contributed by atoms with Crippen molar-refractivity contribution in [2.24, 2.45) is 0 Å². The third kappa shape index (κ3) is 2.19. The van der Waals surface area contributed by atoms with Crippen LogP contribution in [0.15, 0.2) is 30.3 Å². The van der Waals surface area contributed by atoms with Gasteiger partial charge in [0.15, 0.2) is 0 Å². The van der Waals surface area contributed by atoms with Gasteiger partial charge in [-0.3, -0.25) is 4.90 Å². The highest BCUT2D eigenvalue weighted by atomic mass is 16.2. The SMILES string of the molecule is CCCN1C(=O)N(c2ccccc2)CC12CCCCC2. The second-order valence-corrected chi connectivity index (χ2v) is 6.14. The molecule has 3 nitrogen and oxygen atoms in total. The smallest absolute Gasteiger partial charge is 0.317 e. The summed E-state index contributed by atoms with van der Waals surface area (Å²) in [5.41, 5.74) is 1.14. The Bertz CT molecular complexity index is 465. The first-order valence-corrected chi connectivity index (χ1v) is 7.91. The van der Waals surface area contributed by atoms with Crippen molar-refractivity contribution in [3.05, 3.63) is 30.3 Å². The number of nitrogens with zero attached hydrogens (tertiary/aromatic N) is 2. The molecule has 1 aromatic carbocycles. The summed E-state index contributed by atoms with van der Waals surface area (Å²) in [5, 5.41) is 0. The average Bonchev–Trinajstić information content (AvgIpc) is 2.75. The summed E-state index contributed by atoms with van der Waals surface area (Å²) >= 11 is 0. The molecule has 0 bridgehead atoms. The van der Waals surface area contributed by atoms with Crippen LogP contribution in [0.4, 0.5) is 10.5 Å². The van der Waals surface area contributed by atoms with E-state index < -0.39 is 0 Å². The Kier molecular flexibility index (Phi) is 3.68. The van der Waals surface area contributed by atoms with E-state index in [4.69, 9.17) is 0 Å². The molecule has 0 atom stereocenters. The number of anilines is 1. The topological polar surface area (TPSA) is 23.6 Å². The summed E-state index contributed by atoms with van der Waals surface area (Å²) in [4.78, 5) is 17.0. The maximum absolute atomic E-state index is 12.8. The van der Waals surface area contributed by atoms with E-state index in [2.05, 4.69) is 11.8 Å². The van der Waals surface area contributed by atoms with Gasteiger partial charge in [0.1, 0.15) is 0 Å². The maximum Gasteiger partial charge on any atom is 0.325 e. The molecule has 2 fully saturated rings. The molecule has 3 heteroatoms. The van der Waals surface area contributed by atoms with Gasteiger partial charge in [0, 0.05) is 12.2 Å². The highest BCUT2D eigenvalue weighted by molar-refractivity contribution is 5.95. The molecule has 2 aliphatic rings. The third-order valence-corrected chi connectivity index (χ3v) is 4.79. The van der Waals surface area contributed by atoms with E-state index in [1.54, 1.807) is 0 Å². The first-order valence-electron chi connectivity index (χ1n) is 7.91. The van der Waals surface area contributed by atoms with Crippen LogP contribution >= 0.6 is 0 Å². The predicted molar refractivity (Wildman–Crippen MR) is 82.0 cm³/mol. The fourth-order valence-electron chi connectivity index (χ4n) is 3.80. The molecule has 2 amide bonds. The van der Waals surface area contributed by atoms with E-state index in [0.29, 0.717) is 0 Å². The van der Waals surface area contributed by atoms with Crippen LogP contribution in [0.3, 0.4) is 0 Å². The molecule has 0 aromatic heterocycles. The van der Waals surface area contributed by atoms with Crippen molar-refractivity contribution >= 4 is 11.7 Å². The highest BCUT2D eigenvalue weighted by Crippen LogP contribution is 2.40. The van der Waals surface area contributed by atoms with E-state index in [0.717, 1.165) is 25.2 Å². The first-order chi connectivity index (χ1) is 9.77. The molecule has 108 valence electrons. The van der Waals surface area contributed by atoms with Crippen LogP contribution in [0.2, 0.25) is 0 Å². The van der Waals surface area contributed by atoms with Crippen molar-refractivity contribution in [1.29, 1.82) is 0 Å². The molecular weight excluding hydrogens is 248 g/mol. The number of rotatable bonds is 3. The van der Waals surface area contributed by atoms with Crippen LogP contribution in [-0.2, 0) is 0 Å². The van der Waals surface area contributed by atoms with Crippen molar-refractivity contribution in [2.75, 3.05) is 18.0 Å². The molecule has 0 radical (unpaired) electrons. The van der Waals surface area contributed by atoms with Gasteiger partial charge in [-0.1, -0.05) is 44.4 Å². The lowest BCUT2D eigenvalue weighted by molar-refractivity contribution is 0.119. The number of carbonyl (C=O) groups is 1. The van der Waals surface area contributed by atoms with E-state index in [-0.39, 0.29) is 11.6 Å². The fourth-order valence-corrected chi connectivity index (χ4v) is 3.80. The van der Waals surface area contributed by atoms with Crippen molar-refractivity contribution in [2.45, 2.75) is 51.0 Å². The monoisotopic (exact) mass is 272 g/mol. The molecular formula is C17H24N2O. The molecule has 20 heavy (non-hydrogen) atoms. The fraction of sp³-hybridized carbons (Fsp3) is 0.588. The number of carbonyl (C=O) groups excluding carboxylic acids is 1. The number of benzene rings is 1. The Labute approximate surface area is 121 Å². The van der Waals surface area contributed by atoms with Crippen LogP contribution in [0.5, 0.6) is 0 Å². The summed E-state index contributed by atoms with van der Waals surface area (Å²) < 4.78 is 0. The molecule has 1 heterocycles. The summed E-state index contributed by atoms with van der Waals surface area (Å²) in [7, 11) is 0. The lowest BCUT2D eigenvalue weighted by Crippen LogP contribution is -2.48. The Balaban J connectivity index is 1.90. The van der Waals surface area contributed by atoms with Gasteiger partial charge in [-0.15, -0.1) is 0 Å². The van der Waals surface area contributed by atoms with Crippen molar-refractivity contribution in [1.82, 2.24) is 4.90 Å². The molecule has 1 aliphatic heterocycles. The summed E-state index contributed by atoms with van der Waals surface area (Å²) in [6, 6.07) is 10.3. The van der Waals surface area contributed by atoms with Crippen molar-refractivity contribution in [3.8, 4) is 0 Å². The highest BCUT2D eigenvalue weighted by Gasteiger charge is 2.49. The average molecular weight is 272 g/mol. The Morgan fingerprint density at radius 3 is 2.45 bits per heavy atom. The van der Waals surface area contributed by atoms with Crippen LogP contribution in [0.1, 0.15) is 45.4 Å². The second-order valence-electron chi connectivity index (χ2n) is 6.14. The summed E-state index contributed by atoms with van der Waals surface area (Å²) in [6.07, 6.45) is 7.22. The minimum atomic E-state index is 0.0984. The normalized spacial score (nSPS) is 21.8. The second kappa shape index (κ2) is 5.47. The molecule has 0 unspecified atom stereocenters. The van der Waals surface area contributed by atoms with Crippen molar-refractivity contribution in [3.63, 3.8) is 0 Å². The largest absolute Gasteiger partial charge is 0.325 e. The molecule has 1 saturated carbocycles. The van der Waals surface area contributed by atoms with Gasteiger partial charge < -0.3 is 4.90 Å². The van der Waals surface area contributed by atoms with Crippen LogP contribution in [-0.4, -0.2) is 29.6 Å². The standard InChI is InChI=1S/C17H24N2O/c1-2-13-19-16(20)18(15-9-5-3-6-10-15)14-17(19)11-7-4-8-12-17/h3,5-6,9-10H,2,4,7-8,11-14H2,1H3. The van der Waals surface area contributed by atoms with E-state index in [9.17, 15) is 4.79 Å². The zero-order valence-electron chi connectivity index (χ0n) is 12.3. The number of hydrogen-bond donors (Lipinski definition) is 0. The maximum atomic E-state index is 12.8. The van der Waals surface area contributed by atoms with E-state index >= 15 is 0 Å². The molecule has 1 saturated heterocycles. The lowest BCUT2D eigenvalue weighted by Gasteiger charge is -2.40. The van der Waals surface area contributed by atoms with Crippen LogP contribution in [0, 0.1) is 0 Å². The molecule has 3 rings (SSSR count). The van der Waals surface area contributed by atoms with Crippen LogP contribution in [0.25, 0.3) is 0 Å². The zero-order valence-corrected chi connectivity index (χ0v) is 12.3. The van der Waals surface area contributed by atoms with Gasteiger partial charge in [-0.05, 0) is 31.4 Å². The van der Waals surface area contributed by atoms with Gasteiger partial charge >= 0.3 is 6.03 Å². The molecule has 1 aromatic rings. The molecule has 1 spiro atoms. The van der Waals surface area contributed by atoms with Crippen molar-refractivity contribution < 1.29 is 4.79 Å². The third-order valence-electron chi connectivity index (χ3n) is 4.79. The van der Waals surface area contributed by atoms with Gasteiger partial charge in [0.2, 0.25) is 0 Å².